The maximum absolute atomic E-state index is 6.02. The monoisotopic (exact) mass is 207 g/mol. The molecule has 0 bridgehead atoms. The van der Waals surface area contributed by atoms with E-state index in [1.807, 2.05) is 31.3 Å². The Kier molecular flexibility index (Phi) is 2.25. The average Bonchev–Trinajstić information content (AvgIpc) is 2.18. The summed E-state index contributed by atoms with van der Waals surface area (Å²) < 4.78 is 1.69. The minimum Gasteiger partial charge on any atom is -0.270 e. The molecule has 1 aromatic carbocycles. The van der Waals surface area contributed by atoms with Crippen molar-refractivity contribution < 1.29 is 0 Å². The maximum Gasteiger partial charge on any atom is 0.157 e. The van der Waals surface area contributed by atoms with E-state index in [1.165, 1.54) is 0 Å². The van der Waals surface area contributed by atoms with E-state index in [2.05, 4.69) is 10.1 Å². The maximum atomic E-state index is 6.02. The predicted molar refractivity (Wildman–Crippen MR) is 57.2 cm³/mol. The van der Waals surface area contributed by atoms with E-state index >= 15 is 0 Å². The van der Waals surface area contributed by atoms with E-state index in [0.717, 1.165) is 16.3 Å². The fraction of sp³-hybridized carbons (Fsp3) is 0.200. The fourth-order valence-electron chi connectivity index (χ4n) is 1.53. The lowest BCUT2D eigenvalue weighted by molar-refractivity contribution is 0.701. The normalized spacial score (nSPS) is 12.4. The Hall–Kier alpha value is -1.35. The van der Waals surface area contributed by atoms with E-state index in [1.54, 1.807) is 11.7 Å². The third-order valence-electron chi connectivity index (χ3n) is 2.15. The highest BCUT2D eigenvalue weighted by atomic mass is 35.5. The van der Waals surface area contributed by atoms with Gasteiger partial charge in [0, 0.05) is 24.9 Å². The van der Waals surface area contributed by atoms with Crippen molar-refractivity contribution in [3.05, 3.63) is 34.9 Å². The zero-order valence-corrected chi connectivity index (χ0v) is 8.78. The molecule has 3 nitrogen and oxygen atoms in total. The quantitative estimate of drug-likeness (QED) is 0.648. The van der Waals surface area contributed by atoms with Crippen molar-refractivity contribution in [1.82, 2.24) is 9.78 Å². The first-order valence-electron chi connectivity index (χ1n) is 4.28. The Balaban J connectivity index is 3.07. The second kappa shape index (κ2) is 3.42. The molecule has 1 aromatic heterocycles. The molecule has 2 aromatic rings. The number of rotatable bonds is 0. The summed E-state index contributed by atoms with van der Waals surface area (Å²) in [6.45, 7) is 0. The molecule has 0 aliphatic rings. The summed E-state index contributed by atoms with van der Waals surface area (Å²) in [5.74, 6) is 0. The van der Waals surface area contributed by atoms with Gasteiger partial charge in [0.2, 0.25) is 0 Å². The lowest BCUT2D eigenvalue weighted by atomic mass is 10.2. The van der Waals surface area contributed by atoms with Gasteiger partial charge in [-0.05, 0) is 0 Å². The zero-order chi connectivity index (χ0) is 10.1. The molecule has 14 heavy (non-hydrogen) atoms. The van der Waals surface area contributed by atoms with Gasteiger partial charge in [-0.3, -0.25) is 4.99 Å². The van der Waals surface area contributed by atoms with Crippen LogP contribution in [0.1, 0.15) is 0 Å². The largest absolute Gasteiger partial charge is 0.270 e. The number of nitrogens with zero attached hydrogens (tertiary/aromatic N) is 3. The van der Waals surface area contributed by atoms with Gasteiger partial charge in [-0.2, -0.15) is 5.10 Å². The van der Waals surface area contributed by atoms with Crippen LogP contribution in [0.4, 0.5) is 0 Å². The summed E-state index contributed by atoms with van der Waals surface area (Å²) >= 11 is 6.02. The summed E-state index contributed by atoms with van der Waals surface area (Å²) in [5.41, 5.74) is 0.838. The molecule has 1 heterocycles. The Morgan fingerprint density at radius 2 is 1.93 bits per heavy atom. The lowest BCUT2D eigenvalue weighted by Crippen LogP contribution is -2.21. The first-order chi connectivity index (χ1) is 6.74. The van der Waals surface area contributed by atoms with Gasteiger partial charge in [0.15, 0.2) is 10.6 Å². The van der Waals surface area contributed by atoms with Gasteiger partial charge >= 0.3 is 0 Å². The molecule has 0 saturated heterocycles. The Morgan fingerprint density at radius 1 is 1.29 bits per heavy atom. The minimum absolute atomic E-state index is 0.510. The zero-order valence-electron chi connectivity index (χ0n) is 8.03. The Labute approximate surface area is 86.7 Å². The summed E-state index contributed by atoms with van der Waals surface area (Å²) in [5, 5.41) is 6.63. The molecule has 0 radical (unpaired) electrons. The molecule has 72 valence electrons. The molecule has 0 fully saturated rings. The molecule has 0 atom stereocenters. The van der Waals surface area contributed by atoms with Crippen molar-refractivity contribution in [3.63, 3.8) is 0 Å². The summed E-state index contributed by atoms with van der Waals surface area (Å²) in [6.07, 6.45) is 0. The van der Waals surface area contributed by atoms with Gasteiger partial charge in [0.25, 0.3) is 0 Å². The molecular weight excluding hydrogens is 198 g/mol. The van der Waals surface area contributed by atoms with Crippen molar-refractivity contribution in [3.8, 4) is 0 Å². The molecule has 0 spiro atoms. The molecule has 0 aliphatic carbocycles. The van der Waals surface area contributed by atoms with Gasteiger partial charge in [-0.1, -0.05) is 35.9 Å². The number of hydrogen-bond donors (Lipinski definition) is 0. The van der Waals surface area contributed by atoms with Crippen LogP contribution in [0, 0.1) is 0 Å². The third-order valence-corrected chi connectivity index (χ3v) is 2.43. The number of aryl methyl sites for hydroxylation is 1. The van der Waals surface area contributed by atoms with Crippen molar-refractivity contribution in [2.45, 2.75) is 0 Å². The van der Waals surface area contributed by atoms with Crippen LogP contribution in [-0.4, -0.2) is 16.8 Å². The Morgan fingerprint density at radius 3 is 2.57 bits per heavy atom. The van der Waals surface area contributed by atoms with Gasteiger partial charge in [-0.15, -0.1) is 0 Å². The molecule has 0 amide bonds. The van der Waals surface area contributed by atoms with Crippen LogP contribution in [0.25, 0.3) is 10.8 Å². The van der Waals surface area contributed by atoms with Crippen LogP contribution in [0.2, 0.25) is 5.15 Å². The molecule has 4 heteroatoms. The smallest absolute Gasteiger partial charge is 0.157 e. The van der Waals surface area contributed by atoms with Crippen LogP contribution in [0.3, 0.4) is 0 Å². The predicted octanol–water partition coefficient (Wildman–Crippen LogP) is 1.76. The molecule has 0 aliphatic heterocycles. The second-order valence-corrected chi connectivity index (χ2v) is 3.37. The van der Waals surface area contributed by atoms with Crippen LogP contribution in [-0.2, 0) is 7.05 Å². The van der Waals surface area contributed by atoms with E-state index in [0.29, 0.717) is 5.15 Å². The molecule has 0 saturated carbocycles. The molecule has 2 rings (SSSR count). The summed E-state index contributed by atoms with van der Waals surface area (Å²) in [7, 11) is 3.58. The highest BCUT2D eigenvalue weighted by Gasteiger charge is 2.03. The van der Waals surface area contributed by atoms with E-state index in [9.17, 15) is 0 Å². The number of benzene rings is 1. The van der Waals surface area contributed by atoms with Crippen molar-refractivity contribution in [1.29, 1.82) is 0 Å². The first-order valence-corrected chi connectivity index (χ1v) is 4.66. The van der Waals surface area contributed by atoms with Crippen LogP contribution in [0.15, 0.2) is 29.3 Å². The number of hydrogen-bond acceptors (Lipinski definition) is 2. The third kappa shape index (κ3) is 1.30. The van der Waals surface area contributed by atoms with Crippen LogP contribution in [0.5, 0.6) is 0 Å². The van der Waals surface area contributed by atoms with Gasteiger partial charge in [-0.25, -0.2) is 4.68 Å². The van der Waals surface area contributed by atoms with Crippen molar-refractivity contribution in [2.24, 2.45) is 12.0 Å². The summed E-state index contributed by atoms with van der Waals surface area (Å²) in [4.78, 5) is 4.18. The minimum atomic E-state index is 0.510. The SMILES string of the molecule is CN=c1c2ccccc2c(Cl)nn1C. The van der Waals surface area contributed by atoms with Gasteiger partial charge in [0.1, 0.15) is 0 Å². The number of aromatic nitrogens is 2. The van der Waals surface area contributed by atoms with Crippen LogP contribution < -0.4 is 5.49 Å². The highest BCUT2D eigenvalue weighted by Crippen LogP contribution is 2.16. The van der Waals surface area contributed by atoms with Crippen molar-refractivity contribution >= 4 is 22.4 Å². The first kappa shape index (κ1) is 9.21. The highest BCUT2D eigenvalue weighted by molar-refractivity contribution is 6.34. The van der Waals surface area contributed by atoms with E-state index in [4.69, 9.17) is 11.6 Å². The fourth-order valence-corrected chi connectivity index (χ4v) is 1.81. The van der Waals surface area contributed by atoms with E-state index in [-0.39, 0.29) is 0 Å². The summed E-state index contributed by atoms with van der Waals surface area (Å²) in [6, 6.07) is 7.84. The van der Waals surface area contributed by atoms with Gasteiger partial charge < -0.3 is 0 Å². The van der Waals surface area contributed by atoms with Crippen LogP contribution >= 0.6 is 11.6 Å². The van der Waals surface area contributed by atoms with E-state index < -0.39 is 0 Å². The Bertz CT molecular complexity index is 543. The van der Waals surface area contributed by atoms with Gasteiger partial charge in [0.05, 0.1) is 0 Å². The molecular formula is C10H10ClN3. The molecule has 0 N–H and O–H groups in total. The topological polar surface area (TPSA) is 30.2 Å². The lowest BCUT2D eigenvalue weighted by Gasteiger charge is -2.04. The molecule has 0 unspecified atom stereocenters. The van der Waals surface area contributed by atoms with Crippen molar-refractivity contribution in [2.75, 3.05) is 7.05 Å². The number of halogens is 1. The number of fused-ring (bicyclic) bond motifs is 1. The average molecular weight is 208 g/mol. The second-order valence-electron chi connectivity index (χ2n) is 3.01. The standard InChI is InChI=1S/C10H10ClN3/c1-12-10-8-6-4-3-5-7(8)9(11)13-14(10)2/h3-6H,1-2H3.